The molecule has 0 saturated carbocycles. The minimum atomic E-state index is -0.670. The maximum absolute atomic E-state index is 13.2. The minimum absolute atomic E-state index is 0.159. The van der Waals surface area contributed by atoms with Crippen LogP contribution in [-0.4, -0.2) is 58.3 Å². The number of fused-ring (bicyclic) bond motifs is 1. The molecule has 0 bridgehead atoms. The van der Waals surface area contributed by atoms with E-state index in [-0.39, 0.29) is 18.6 Å². The topological polar surface area (TPSA) is 75.6 Å². The van der Waals surface area contributed by atoms with E-state index in [4.69, 9.17) is 4.74 Å². The Kier molecular flexibility index (Phi) is 4.36. The molecule has 3 aromatic rings. The van der Waals surface area contributed by atoms with Crippen LogP contribution in [0.2, 0.25) is 0 Å². The number of para-hydroxylation sites is 1. The van der Waals surface area contributed by atoms with E-state index in [1.165, 1.54) is 0 Å². The van der Waals surface area contributed by atoms with Crippen molar-refractivity contribution in [2.45, 2.75) is 12.1 Å². The first-order valence-corrected chi connectivity index (χ1v) is 8.48. The summed E-state index contributed by atoms with van der Waals surface area (Å²) in [5.74, 6) is -0.159. The normalized spacial score (nSPS) is 19.6. The van der Waals surface area contributed by atoms with E-state index in [2.05, 4.69) is 9.97 Å². The third-order valence-electron chi connectivity index (χ3n) is 4.76. The number of pyridine rings is 2. The van der Waals surface area contributed by atoms with Crippen LogP contribution in [0.5, 0.6) is 0 Å². The molecular weight excluding hydrogens is 330 g/mol. The SMILES string of the molecule is CN(C(=O)c1cc(-c2ccncc2)nc2ccccc12)C1COCC1O. The van der Waals surface area contributed by atoms with Crippen LogP contribution in [0.3, 0.4) is 0 Å². The number of rotatable bonds is 3. The van der Waals surface area contributed by atoms with Crippen molar-refractivity contribution >= 4 is 16.8 Å². The highest BCUT2D eigenvalue weighted by Gasteiger charge is 2.33. The van der Waals surface area contributed by atoms with Gasteiger partial charge in [0.15, 0.2) is 0 Å². The van der Waals surface area contributed by atoms with E-state index >= 15 is 0 Å². The van der Waals surface area contributed by atoms with Crippen molar-refractivity contribution in [3.8, 4) is 11.3 Å². The highest BCUT2D eigenvalue weighted by Crippen LogP contribution is 2.26. The maximum atomic E-state index is 13.2. The Balaban J connectivity index is 1.81. The van der Waals surface area contributed by atoms with Crippen LogP contribution in [0.1, 0.15) is 10.4 Å². The van der Waals surface area contributed by atoms with Crippen molar-refractivity contribution in [3.05, 3.63) is 60.4 Å². The van der Waals surface area contributed by atoms with Crippen LogP contribution in [-0.2, 0) is 4.74 Å². The Labute approximate surface area is 151 Å². The van der Waals surface area contributed by atoms with Gasteiger partial charge in [0.1, 0.15) is 0 Å². The number of hydrogen-bond acceptors (Lipinski definition) is 5. The maximum Gasteiger partial charge on any atom is 0.254 e. The van der Waals surface area contributed by atoms with Crippen LogP contribution >= 0.6 is 0 Å². The molecule has 0 radical (unpaired) electrons. The molecule has 4 rings (SSSR count). The molecule has 1 saturated heterocycles. The second-order valence-electron chi connectivity index (χ2n) is 6.40. The predicted octanol–water partition coefficient (Wildman–Crippen LogP) is 2.13. The van der Waals surface area contributed by atoms with Gasteiger partial charge in [-0.25, -0.2) is 4.98 Å². The Morgan fingerprint density at radius 1 is 1.19 bits per heavy atom. The highest BCUT2D eigenvalue weighted by molar-refractivity contribution is 6.07. The molecule has 1 aliphatic rings. The van der Waals surface area contributed by atoms with Gasteiger partial charge in [0, 0.05) is 30.4 Å². The number of aromatic nitrogens is 2. The highest BCUT2D eigenvalue weighted by atomic mass is 16.5. The molecule has 2 atom stereocenters. The molecule has 2 unspecified atom stereocenters. The lowest BCUT2D eigenvalue weighted by Gasteiger charge is -2.26. The van der Waals surface area contributed by atoms with Crippen LogP contribution in [0.25, 0.3) is 22.2 Å². The number of nitrogens with zero attached hydrogens (tertiary/aromatic N) is 3. The van der Waals surface area contributed by atoms with Crippen molar-refractivity contribution in [1.82, 2.24) is 14.9 Å². The smallest absolute Gasteiger partial charge is 0.254 e. The van der Waals surface area contributed by atoms with Crippen molar-refractivity contribution < 1.29 is 14.6 Å². The lowest BCUT2D eigenvalue weighted by molar-refractivity contribution is 0.0583. The van der Waals surface area contributed by atoms with Crippen molar-refractivity contribution in [2.75, 3.05) is 20.3 Å². The number of aliphatic hydroxyl groups is 1. The first kappa shape index (κ1) is 16.6. The molecule has 6 heteroatoms. The number of hydrogen-bond donors (Lipinski definition) is 1. The van der Waals surface area contributed by atoms with Crippen LogP contribution in [0.4, 0.5) is 0 Å². The molecule has 132 valence electrons. The summed E-state index contributed by atoms with van der Waals surface area (Å²) in [5, 5.41) is 10.9. The van der Waals surface area contributed by atoms with E-state index in [9.17, 15) is 9.90 Å². The van der Waals surface area contributed by atoms with Gasteiger partial charge in [0.2, 0.25) is 0 Å². The molecule has 1 fully saturated rings. The largest absolute Gasteiger partial charge is 0.388 e. The third-order valence-corrected chi connectivity index (χ3v) is 4.76. The fourth-order valence-electron chi connectivity index (χ4n) is 3.27. The molecule has 1 N–H and O–H groups in total. The fraction of sp³-hybridized carbons (Fsp3) is 0.250. The lowest BCUT2D eigenvalue weighted by atomic mass is 10.0. The van der Waals surface area contributed by atoms with Gasteiger partial charge in [0.25, 0.3) is 5.91 Å². The van der Waals surface area contributed by atoms with Crippen LogP contribution in [0.15, 0.2) is 54.9 Å². The molecule has 2 aromatic heterocycles. The number of carbonyl (C=O) groups excluding carboxylic acids is 1. The van der Waals surface area contributed by atoms with Gasteiger partial charge >= 0.3 is 0 Å². The zero-order chi connectivity index (χ0) is 18.1. The minimum Gasteiger partial charge on any atom is -0.388 e. The van der Waals surface area contributed by atoms with E-state index in [1.807, 2.05) is 36.4 Å². The number of aliphatic hydroxyl groups excluding tert-OH is 1. The predicted molar refractivity (Wildman–Crippen MR) is 97.7 cm³/mol. The van der Waals surface area contributed by atoms with Crippen LogP contribution < -0.4 is 0 Å². The molecule has 0 aliphatic carbocycles. The lowest BCUT2D eigenvalue weighted by Crippen LogP contribution is -2.44. The number of amides is 1. The number of ether oxygens (including phenoxy) is 1. The molecule has 1 aromatic carbocycles. The van der Waals surface area contributed by atoms with E-state index in [1.54, 1.807) is 30.4 Å². The summed E-state index contributed by atoms with van der Waals surface area (Å²) >= 11 is 0. The van der Waals surface area contributed by atoms with Gasteiger partial charge in [-0.15, -0.1) is 0 Å². The molecule has 0 spiro atoms. The Morgan fingerprint density at radius 2 is 1.96 bits per heavy atom. The second-order valence-corrected chi connectivity index (χ2v) is 6.40. The van der Waals surface area contributed by atoms with Crippen molar-refractivity contribution in [1.29, 1.82) is 0 Å². The number of likely N-dealkylation sites (N-methyl/N-ethyl adjacent to an activating group) is 1. The van der Waals surface area contributed by atoms with Gasteiger partial charge in [-0.3, -0.25) is 9.78 Å². The molecule has 1 aliphatic heterocycles. The van der Waals surface area contributed by atoms with Gasteiger partial charge in [-0.1, -0.05) is 18.2 Å². The van der Waals surface area contributed by atoms with Crippen molar-refractivity contribution in [2.24, 2.45) is 0 Å². The van der Waals surface area contributed by atoms with Crippen molar-refractivity contribution in [3.63, 3.8) is 0 Å². The average Bonchev–Trinajstić information content (AvgIpc) is 3.12. The monoisotopic (exact) mass is 349 g/mol. The summed E-state index contributed by atoms with van der Waals surface area (Å²) in [4.78, 5) is 23.5. The third kappa shape index (κ3) is 2.94. The summed E-state index contributed by atoms with van der Waals surface area (Å²) in [6, 6.07) is 12.8. The molecule has 1 amide bonds. The number of benzene rings is 1. The molecule has 3 heterocycles. The van der Waals surface area contributed by atoms with Gasteiger partial charge in [-0.05, 0) is 24.3 Å². The zero-order valence-corrected chi connectivity index (χ0v) is 14.4. The van der Waals surface area contributed by atoms with E-state index in [0.717, 1.165) is 16.5 Å². The summed E-state index contributed by atoms with van der Waals surface area (Å²) in [5.41, 5.74) is 2.92. The van der Waals surface area contributed by atoms with Gasteiger partial charge in [0.05, 0.1) is 42.1 Å². The van der Waals surface area contributed by atoms with Gasteiger partial charge in [-0.2, -0.15) is 0 Å². The summed E-state index contributed by atoms with van der Waals surface area (Å²) in [6.07, 6.45) is 2.73. The van der Waals surface area contributed by atoms with E-state index < -0.39 is 6.10 Å². The first-order valence-electron chi connectivity index (χ1n) is 8.48. The molecule has 26 heavy (non-hydrogen) atoms. The van der Waals surface area contributed by atoms with Crippen LogP contribution in [0, 0.1) is 0 Å². The zero-order valence-electron chi connectivity index (χ0n) is 14.4. The Morgan fingerprint density at radius 3 is 2.69 bits per heavy atom. The summed E-state index contributed by atoms with van der Waals surface area (Å²) in [6.45, 7) is 0.589. The molecular formula is C20H19N3O3. The van der Waals surface area contributed by atoms with E-state index in [0.29, 0.717) is 17.9 Å². The number of carbonyl (C=O) groups is 1. The second kappa shape index (κ2) is 6.82. The van der Waals surface area contributed by atoms with Gasteiger partial charge < -0.3 is 14.7 Å². The quantitative estimate of drug-likeness (QED) is 0.784. The fourth-order valence-corrected chi connectivity index (χ4v) is 3.27. The Bertz CT molecular complexity index is 945. The summed E-state index contributed by atoms with van der Waals surface area (Å²) in [7, 11) is 1.70. The average molecular weight is 349 g/mol. The Hall–Kier alpha value is -2.83. The first-order chi connectivity index (χ1) is 12.6. The molecule has 6 nitrogen and oxygen atoms in total. The summed E-state index contributed by atoms with van der Waals surface area (Å²) < 4.78 is 5.29. The standard InChI is InChI=1S/C20H19N3O3/c1-23(18-11-26-12-19(18)24)20(25)15-10-17(13-6-8-21-9-7-13)22-16-5-3-2-4-14(15)16/h2-10,18-19,24H,11-12H2,1H3.